The van der Waals surface area contributed by atoms with Crippen LogP contribution >= 0.6 is 11.6 Å². The normalized spacial score (nSPS) is 11.0. The summed E-state index contributed by atoms with van der Waals surface area (Å²) in [4.78, 5) is 24.3. The first kappa shape index (κ1) is 16.8. The van der Waals surface area contributed by atoms with Gasteiger partial charge in [-0.2, -0.15) is 0 Å². The average Bonchev–Trinajstić information content (AvgIpc) is 2.56. The van der Waals surface area contributed by atoms with Crippen molar-refractivity contribution in [3.63, 3.8) is 0 Å². The smallest absolute Gasteiger partial charge is 0.267 e. The summed E-state index contributed by atoms with van der Waals surface area (Å²) in [5, 5.41) is 5.76. The van der Waals surface area contributed by atoms with Gasteiger partial charge in [0.15, 0.2) is 0 Å². The molecule has 118 valence electrons. The number of benzene rings is 2. The fourth-order valence-corrected chi connectivity index (χ4v) is 2.04. The van der Waals surface area contributed by atoms with E-state index in [4.69, 9.17) is 11.6 Å². The van der Waals surface area contributed by atoms with Crippen LogP contribution in [0.2, 0.25) is 5.02 Å². The van der Waals surface area contributed by atoms with E-state index >= 15 is 0 Å². The van der Waals surface area contributed by atoms with Crippen molar-refractivity contribution < 1.29 is 9.59 Å². The molecule has 0 aliphatic heterocycles. The monoisotopic (exact) mass is 328 g/mol. The lowest BCUT2D eigenvalue weighted by molar-refractivity contribution is -0.117. The van der Waals surface area contributed by atoms with E-state index in [2.05, 4.69) is 10.6 Å². The largest absolute Gasteiger partial charge is 0.354 e. The Morgan fingerprint density at radius 1 is 1.00 bits per heavy atom. The first-order valence-corrected chi connectivity index (χ1v) is 7.45. The molecule has 0 aliphatic carbocycles. The van der Waals surface area contributed by atoms with Crippen LogP contribution in [0.4, 0.5) is 0 Å². The molecular weight excluding hydrogens is 312 g/mol. The zero-order valence-electron chi connectivity index (χ0n) is 12.9. The number of rotatable bonds is 4. The molecule has 0 aliphatic rings. The van der Waals surface area contributed by atoms with Gasteiger partial charge in [0.1, 0.15) is 5.70 Å². The van der Waals surface area contributed by atoms with Gasteiger partial charge in [0.05, 0.1) is 0 Å². The Hall–Kier alpha value is -2.59. The van der Waals surface area contributed by atoms with Gasteiger partial charge in [0.2, 0.25) is 0 Å². The number of nitrogens with one attached hydrogen (secondary N) is 2. The highest BCUT2D eigenvalue weighted by Gasteiger charge is 2.13. The fourth-order valence-electron chi connectivity index (χ4n) is 1.92. The predicted octanol–water partition coefficient (Wildman–Crippen LogP) is 3.17. The molecule has 0 fully saturated rings. The van der Waals surface area contributed by atoms with E-state index in [9.17, 15) is 9.59 Å². The second kappa shape index (κ2) is 7.61. The number of halogens is 1. The van der Waals surface area contributed by atoms with Gasteiger partial charge in [-0.1, -0.05) is 41.4 Å². The Morgan fingerprint density at radius 2 is 1.61 bits per heavy atom. The van der Waals surface area contributed by atoms with E-state index in [-0.39, 0.29) is 17.5 Å². The molecule has 0 heterocycles. The van der Waals surface area contributed by atoms with Gasteiger partial charge in [-0.15, -0.1) is 0 Å². The SMILES string of the molecule is CNC(=O)C(=Cc1ccc(Cl)cc1)NC(=O)c1ccc(C)cc1. The van der Waals surface area contributed by atoms with Crippen LogP contribution in [0.3, 0.4) is 0 Å². The molecule has 23 heavy (non-hydrogen) atoms. The third kappa shape index (κ3) is 4.69. The topological polar surface area (TPSA) is 58.2 Å². The summed E-state index contributed by atoms with van der Waals surface area (Å²) in [6.45, 7) is 1.94. The van der Waals surface area contributed by atoms with Crippen LogP contribution in [-0.4, -0.2) is 18.9 Å². The van der Waals surface area contributed by atoms with Crippen LogP contribution in [0, 0.1) is 6.92 Å². The molecule has 4 nitrogen and oxygen atoms in total. The molecule has 0 atom stereocenters. The summed E-state index contributed by atoms with van der Waals surface area (Å²) < 4.78 is 0. The zero-order valence-corrected chi connectivity index (χ0v) is 13.6. The number of likely N-dealkylation sites (N-methyl/N-ethyl adjacent to an activating group) is 1. The van der Waals surface area contributed by atoms with Crippen LogP contribution in [0.15, 0.2) is 54.2 Å². The van der Waals surface area contributed by atoms with Crippen molar-refractivity contribution in [2.45, 2.75) is 6.92 Å². The molecule has 0 saturated carbocycles. The van der Waals surface area contributed by atoms with Gasteiger partial charge >= 0.3 is 0 Å². The number of hydrogen-bond acceptors (Lipinski definition) is 2. The van der Waals surface area contributed by atoms with Crippen molar-refractivity contribution in [3.8, 4) is 0 Å². The first-order valence-electron chi connectivity index (χ1n) is 7.07. The summed E-state index contributed by atoms with van der Waals surface area (Å²) in [5.74, 6) is -0.714. The maximum Gasteiger partial charge on any atom is 0.267 e. The Bertz CT molecular complexity index is 735. The minimum Gasteiger partial charge on any atom is -0.354 e. The minimum absolute atomic E-state index is 0.167. The number of carbonyl (C=O) groups is 2. The predicted molar refractivity (Wildman–Crippen MR) is 92.1 cm³/mol. The second-order valence-corrected chi connectivity index (χ2v) is 5.45. The van der Waals surface area contributed by atoms with Gasteiger partial charge in [-0.05, 0) is 42.8 Å². The average molecular weight is 329 g/mol. The Morgan fingerprint density at radius 3 is 2.17 bits per heavy atom. The van der Waals surface area contributed by atoms with Crippen molar-refractivity contribution in [3.05, 3.63) is 75.9 Å². The summed E-state index contributed by atoms with van der Waals surface area (Å²) in [7, 11) is 1.51. The molecule has 0 bridgehead atoms. The van der Waals surface area contributed by atoms with Crippen molar-refractivity contribution in [2.75, 3.05) is 7.05 Å². The number of hydrogen-bond donors (Lipinski definition) is 2. The Labute approximate surface area is 140 Å². The van der Waals surface area contributed by atoms with Gasteiger partial charge < -0.3 is 10.6 Å². The molecule has 2 N–H and O–H groups in total. The summed E-state index contributed by atoms with van der Waals surface area (Å²) in [5.41, 5.74) is 2.48. The lowest BCUT2D eigenvalue weighted by atomic mass is 10.1. The van der Waals surface area contributed by atoms with Crippen molar-refractivity contribution in [2.24, 2.45) is 0 Å². The van der Waals surface area contributed by atoms with Crippen LogP contribution in [0.5, 0.6) is 0 Å². The molecular formula is C18H17ClN2O2. The molecule has 0 radical (unpaired) electrons. The van der Waals surface area contributed by atoms with Gasteiger partial charge in [-0.3, -0.25) is 9.59 Å². The van der Waals surface area contributed by atoms with Crippen molar-refractivity contribution in [1.29, 1.82) is 0 Å². The summed E-state index contributed by atoms with van der Waals surface area (Å²) >= 11 is 5.85. The number of aryl methyl sites for hydroxylation is 1. The van der Waals surface area contributed by atoms with E-state index in [1.807, 2.05) is 19.1 Å². The second-order valence-electron chi connectivity index (χ2n) is 5.01. The minimum atomic E-state index is -0.375. The zero-order chi connectivity index (χ0) is 16.8. The fraction of sp³-hybridized carbons (Fsp3) is 0.111. The molecule has 2 amide bonds. The highest BCUT2D eigenvalue weighted by Crippen LogP contribution is 2.12. The Balaban J connectivity index is 2.25. The highest BCUT2D eigenvalue weighted by atomic mass is 35.5. The Kier molecular flexibility index (Phi) is 5.55. The van der Waals surface area contributed by atoms with E-state index < -0.39 is 0 Å². The first-order chi connectivity index (χ1) is 11.0. The molecule has 0 aromatic heterocycles. The van der Waals surface area contributed by atoms with Crippen LogP contribution < -0.4 is 10.6 Å². The summed E-state index contributed by atoms with van der Waals surface area (Å²) in [6.07, 6.45) is 1.60. The maximum absolute atomic E-state index is 12.3. The molecule has 2 aromatic carbocycles. The van der Waals surface area contributed by atoms with Gasteiger partial charge in [-0.25, -0.2) is 0 Å². The molecule has 2 rings (SSSR count). The lowest BCUT2D eigenvalue weighted by Crippen LogP contribution is -2.33. The van der Waals surface area contributed by atoms with Crippen LogP contribution in [0.1, 0.15) is 21.5 Å². The number of carbonyl (C=O) groups excluding carboxylic acids is 2. The van der Waals surface area contributed by atoms with E-state index in [0.717, 1.165) is 11.1 Å². The van der Waals surface area contributed by atoms with Crippen molar-refractivity contribution in [1.82, 2.24) is 10.6 Å². The highest BCUT2D eigenvalue weighted by molar-refractivity contribution is 6.30. The molecule has 5 heteroatoms. The van der Waals surface area contributed by atoms with E-state index in [1.54, 1.807) is 42.5 Å². The van der Waals surface area contributed by atoms with Crippen LogP contribution in [0.25, 0.3) is 6.08 Å². The third-order valence-corrected chi connectivity index (χ3v) is 3.47. The molecule has 0 unspecified atom stereocenters. The van der Waals surface area contributed by atoms with Crippen molar-refractivity contribution >= 4 is 29.5 Å². The molecule has 2 aromatic rings. The quantitative estimate of drug-likeness (QED) is 0.847. The van der Waals surface area contributed by atoms with E-state index in [0.29, 0.717) is 10.6 Å². The summed E-state index contributed by atoms with van der Waals surface area (Å²) in [6, 6.07) is 14.1. The van der Waals surface area contributed by atoms with E-state index in [1.165, 1.54) is 7.05 Å². The standard InChI is InChI=1S/C18H17ClN2O2/c1-12-3-7-14(8-4-12)17(22)21-16(18(23)20-2)11-13-5-9-15(19)10-6-13/h3-11H,1-2H3,(H,20,23)(H,21,22). The molecule has 0 spiro atoms. The number of amides is 2. The molecule has 0 saturated heterocycles. The van der Waals surface area contributed by atoms with Crippen LogP contribution in [-0.2, 0) is 4.79 Å². The maximum atomic E-state index is 12.3. The van der Waals surface area contributed by atoms with Gasteiger partial charge in [0, 0.05) is 17.6 Å². The lowest BCUT2D eigenvalue weighted by Gasteiger charge is -2.09. The third-order valence-electron chi connectivity index (χ3n) is 3.21. The van der Waals surface area contributed by atoms with Gasteiger partial charge in [0.25, 0.3) is 11.8 Å².